The van der Waals surface area contributed by atoms with E-state index in [0.717, 1.165) is 6.54 Å². The minimum atomic E-state index is 0.0835. The van der Waals surface area contributed by atoms with Gasteiger partial charge in [-0.15, -0.1) is 0 Å². The average Bonchev–Trinajstić information content (AvgIpc) is 2.53. The smallest absolute Gasteiger partial charge is 0.226 e. The van der Waals surface area contributed by atoms with Crippen molar-refractivity contribution in [3.63, 3.8) is 0 Å². The van der Waals surface area contributed by atoms with Crippen molar-refractivity contribution in [3.8, 4) is 0 Å². The zero-order valence-electron chi connectivity index (χ0n) is 11.1. The number of likely N-dealkylation sites (tertiary alicyclic amines) is 1. The molecule has 0 N–H and O–H groups in total. The number of carbonyl (C=O) groups is 1. The molecule has 1 saturated heterocycles. The van der Waals surface area contributed by atoms with E-state index in [4.69, 9.17) is 0 Å². The minimum Gasteiger partial charge on any atom is -0.335 e. The lowest BCUT2D eigenvalue weighted by molar-refractivity contribution is -0.132. The lowest BCUT2D eigenvalue weighted by Gasteiger charge is -2.26. The van der Waals surface area contributed by atoms with Crippen LogP contribution in [0.15, 0.2) is 30.3 Å². The molecule has 1 fully saturated rings. The third kappa shape index (κ3) is 2.08. The van der Waals surface area contributed by atoms with Crippen LogP contribution < -0.4 is 0 Å². The monoisotopic (exact) mass is 231 g/mol. The zero-order chi connectivity index (χ0) is 12.6. The van der Waals surface area contributed by atoms with Crippen LogP contribution >= 0.6 is 0 Å². The second-order valence-electron chi connectivity index (χ2n) is 5.76. The molecular weight excluding hydrogens is 210 g/mol. The summed E-state index contributed by atoms with van der Waals surface area (Å²) >= 11 is 0. The predicted octanol–water partition coefficient (Wildman–Crippen LogP) is 3.25. The average molecular weight is 231 g/mol. The van der Waals surface area contributed by atoms with E-state index in [1.807, 2.05) is 30.0 Å². The van der Waals surface area contributed by atoms with Crippen molar-refractivity contribution in [2.75, 3.05) is 6.54 Å². The van der Waals surface area contributed by atoms with Gasteiger partial charge in [0.25, 0.3) is 0 Å². The molecule has 1 heterocycles. The second kappa shape index (κ2) is 4.17. The van der Waals surface area contributed by atoms with Gasteiger partial charge in [0, 0.05) is 12.5 Å². The number of rotatable bonds is 2. The van der Waals surface area contributed by atoms with Crippen molar-refractivity contribution in [2.45, 2.75) is 33.7 Å². The first-order valence-electron chi connectivity index (χ1n) is 6.29. The standard InChI is InChI=1S/C15H21NO/c1-11-14(17)16(10-15(11,3)4)12(2)13-8-6-5-7-9-13/h5-9,11-12H,10H2,1-4H3/t11?,12-/m1/s1. The Morgan fingerprint density at radius 3 is 2.35 bits per heavy atom. The molecule has 0 aliphatic carbocycles. The predicted molar refractivity (Wildman–Crippen MR) is 69.5 cm³/mol. The number of amides is 1. The summed E-state index contributed by atoms with van der Waals surface area (Å²) in [6, 6.07) is 10.4. The molecule has 1 aromatic rings. The molecule has 1 amide bonds. The number of carbonyl (C=O) groups excluding carboxylic acids is 1. The molecule has 2 rings (SSSR count). The summed E-state index contributed by atoms with van der Waals surface area (Å²) in [6.45, 7) is 9.35. The van der Waals surface area contributed by atoms with Gasteiger partial charge in [0.2, 0.25) is 5.91 Å². The summed E-state index contributed by atoms with van der Waals surface area (Å²) in [6.07, 6.45) is 0. The van der Waals surface area contributed by atoms with Gasteiger partial charge >= 0.3 is 0 Å². The molecule has 0 aromatic heterocycles. The summed E-state index contributed by atoms with van der Waals surface area (Å²) in [5, 5.41) is 0. The van der Waals surface area contributed by atoms with Gasteiger partial charge < -0.3 is 4.90 Å². The molecule has 1 aliphatic rings. The fourth-order valence-electron chi connectivity index (χ4n) is 2.48. The van der Waals surface area contributed by atoms with Crippen molar-refractivity contribution in [2.24, 2.45) is 11.3 Å². The van der Waals surface area contributed by atoms with Crippen LogP contribution in [0.4, 0.5) is 0 Å². The normalized spacial score (nSPS) is 25.1. The highest BCUT2D eigenvalue weighted by molar-refractivity contribution is 5.82. The van der Waals surface area contributed by atoms with Gasteiger partial charge in [-0.05, 0) is 17.9 Å². The van der Waals surface area contributed by atoms with Gasteiger partial charge in [-0.3, -0.25) is 4.79 Å². The van der Waals surface area contributed by atoms with Crippen LogP contribution in [-0.4, -0.2) is 17.4 Å². The van der Waals surface area contributed by atoms with Crippen molar-refractivity contribution < 1.29 is 4.79 Å². The Morgan fingerprint density at radius 1 is 1.29 bits per heavy atom. The third-order valence-electron chi connectivity index (χ3n) is 4.15. The van der Waals surface area contributed by atoms with Gasteiger partial charge in [0.15, 0.2) is 0 Å². The quantitative estimate of drug-likeness (QED) is 0.765. The second-order valence-corrected chi connectivity index (χ2v) is 5.76. The van der Waals surface area contributed by atoms with E-state index in [1.165, 1.54) is 5.56 Å². The molecule has 2 nitrogen and oxygen atoms in total. The number of hydrogen-bond acceptors (Lipinski definition) is 1. The van der Waals surface area contributed by atoms with Crippen LogP contribution in [0.1, 0.15) is 39.3 Å². The summed E-state index contributed by atoms with van der Waals surface area (Å²) in [5.74, 6) is 0.403. The molecule has 1 aliphatic heterocycles. The van der Waals surface area contributed by atoms with Crippen LogP contribution in [0.3, 0.4) is 0 Å². The largest absolute Gasteiger partial charge is 0.335 e. The highest BCUT2D eigenvalue weighted by Crippen LogP contribution is 2.39. The highest BCUT2D eigenvalue weighted by Gasteiger charge is 2.44. The fraction of sp³-hybridized carbons (Fsp3) is 0.533. The number of benzene rings is 1. The molecule has 17 heavy (non-hydrogen) atoms. The maximum Gasteiger partial charge on any atom is 0.226 e. The Morgan fingerprint density at radius 2 is 1.88 bits per heavy atom. The Bertz CT molecular complexity index is 410. The van der Waals surface area contributed by atoms with Crippen molar-refractivity contribution in [1.29, 1.82) is 0 Å². The van der Waals surface area contributed by atoms with E-state index >= 15 is 0 Å². The van der Waals surface area contributed by atoms with Gasteiger partial charge in [-0.25, -0.2) is 0 Å². The van der Waals surface area contributed by atoms with Crippen LogP contribution in [0.2, 0.25) is 0 Å². The molecule has 0 bridgehead atoms. The molecule has 2 atom stereocenters. The molecule has 1 aromatic carbocycles. The Hall–Kier alpha value is -1.31. The first-order valence-corrected chi connectivity index (χ1v) is 6.29. The summed E-state index contributed by atoms with van der Waals surface area (Å²) in [4.78, 5) is 14.3. The Kier molecular flexibility index (Phi) is 2.98. The highest BCUT2D eigenvalue weighted by atomic mass is 16.2. The van der Waals surface area contributed by atoms with E-state index < -0.39 is 0 Å². The van der Waals surface area contributed by atoms with Crippen LogP contribution in [0.25, 0.3) is 0 Å². The van der Waals surface area contributed by atoms with E-state index in [1.54, 1.807) is 0 Å². The first kappa shape index (κ1) is 12.2. The topological polar surface area (TPSA) is 20.3 Å². The molecule has 2 heteroatoms. The molecule has 1 unspecified atom stereocenters. The van der Waals surface area contributed by atoms with E-state index in [-0.39, 0.29) is 23.3 Å². The number of nitrogens with zero attached hydrogens (tertiary/aromatic N) is 1. The lowest BCUT2D eigenvalue weighted by Crippen LogP contribution is -2.29. The summed E-state index contributed by atoms with van der Waals surface area (Å²) in [7, 11) is 0. The van der Waals surface area contributed by atoms with Gasteiger partial charge in [-0.2, -0.15) is 0 Å². The summed E-state index contributed by atoms with van der Waals surface area (Å²) < 4.78 is 0. The van der Waals surface area contributed by atoms with E-state index in [0.29, 0.717) is 0 Å². The molecule has 0 saturated carbocycles. The fourth-order valence-corrected chi connectivity index (χ4v) is 2.48. The molecule has 92 valence electrons. The lowest BCUT2D eigenvalue weighted by atomic mass is 9.83. The molecule has 0 radical (unpaired) electrons. The Labute approximate surface area is 104 Å². The first-order chi connectivity index (χ1) is 7.93. The van der Waals surface area contributed by atoms with Crippen LogP contribution in [0.5, 0.6) is 0 Å². The van der Waals surface area contributed by atoms with Crippen molar-refractivity contribution >= 4 is 5.91 Å². The summed E-state index contributed by atoms with van der Waals surface area (Å²) in [5.41, 5.74) is 1.30. The maximum atomic E-state index is 12.3. The van der Waals surface area contributed by atoms with Gasteiger partial charge in [-0.1, -0.05) is 51.1 Å². The van der Waals surface area contributed by atoms with E-state index in [9.17, 15) is 4.79 Å². The van der Waals surface area contributed by atoms with Crippen LogP contribution in [0, 0.1) is 11.3 Å². The third-order valence-corrected chi connectivity index (χ3v) is 4.15. The van der Waals surface area contributed by atoms with E-state index in [2.05, 4.69) is 32.9 Å². The van der Waals surface area contributed by atoms with Crippen LogP contribution in [-0.2, 0) is 4.79 Å². The van der Waals surface area contributed by atoms with Crippen molar-refractivity contribution in [1.82, 2.24) is 4.90 Å². The number of hydrogen-bond donors (Lipinski definition) is 0. The molecular formula is C15H21NO. The minimum absolute atomic E-state index is 0.0835. The van der Waals surface area contributed by atoms with Crippen molar-refractivity contribution in [3.05, 3.63) is 35.9 Å². The SMILES string of the molecule is CC1C(=O)N([C@H](C)c2ccccc2)CC1(C)C. The Balaban J connectivity index is 2.23. The van der Waals surface area contributed by atoms with Gasteiger partial charge in [0.1, 0.15) is 0 Å². The van der Waals surface area contributed by atoms with Gasteiger partial charge in [0.05, 0.1) is 6.04 Å². The maximum absolute atomic E-state index is 12.3. The zero-order valence-corrected chi connectivity index (χ0v) is 11.1. The molecule has 0 spiro atoms.